The molecule has 5 heteroatoms. The summed E-state index contributed by atoms with van der Waals surface area (Å²) >= 11 is 1.68. The van der Waals surface area contributed by atoms with Gasteiger partial charge in [0.05, 0.1) is 6.10 Å². The van der Waals surface area contributed by atoms with Gasteiger partial charge in [-0.1, -0.05) is 19.9 Å². The molecule has 0 bridgehead atoms. The average molecular weight is 420 g/mol. The molecule has 0 unspecified atom stereocenters. The van der Waals surface area contributed by atoms with Gasteiger partial charge in [0, 0.05) is 16.9 Å². The van der Waals surface area contributed by atoms with E-state index in [1.807, 2.05) is 0 Å². The van der Waals surface area contributed by atoms with Gasteiger partial charge in [-0.15, -0.1) is 11.3 Å². The zero-order valence-electron chi connectivity index (χ0n) is 17.9. The molecule has 4 aliphatic rings. The summed E-state index contributed by atoms with van der Waals surface area (Å²) in [4.78, 5) is 1.11. The van der Waals surface area contributed by atoms with Crippen molar-refractivity contribution in [1.82, 2.24) is 0 Å². The van der Waals surface area contributed by atoms with Gasteiger partial charge in [-0.3, -0.25) is 0 Å². The van der Waals surface area contributed by atoms with E-state index >= 15 is 0 Å². The van der Waals surface area contributed by atoms with E-state index in [9.17, 15) is 15.3 Å². The largest absolute Gasteiger partial charge is 0.396 e. The van der Waals surface area contributed by atoms with Crippen LogP contribution in [0.4, 0.5) is 0 Å². The summed E-state index contributed by atoms with van der Waals surface area (Å²) in [6.07, 6.45) is 7.30. The zero-order valence-corrected chi connectivity index (χ0v) is 18.7. The fraction of sp³-hybridized carbons (Fsp3) is 0.833. The van der Waals surface area contributed by atoms with Crippen molar-refractivity contribution in [3.8, 4) is 0 Å². The molecular weight excluding hydrogens is 382 g/mol. The van der Waals surface area contributed by atoms with E-state index in [0.717, 1.165) is 49.8 Å². The van der Waals surface area contributed by atoms with Crippen LogP contribution in [-0.4, -0.2) is 34.6 Å². The van der Waals surface area contributed by atoms with Crippen molar-refractivity contribution in [1.29, 1.82) is 0 Å². The van der Waals surface area contributed by atoms with Crippen LogP contribution in [0.15, 0.2) is 17.5 Å². The maximum Gasteiger partial charge on any atom is 0.104 e. The zero-order chi connectivity index (χ0) is 20.7. The van der Waals surface area contributed by atoms with Gasteiger partial charge < -0.3 is 21.1 Å². The summed E-state index contributed by atoms with van der Waals surface area (Å²) in [7, 11) is 0. The lowest BCUT2D eigenvalue weighted by atomic mass is 9.48. The fourth-order valence-electron chi connectivity index (χ4n) is 8.94. The monoisotopic (exact) mass is 419 g/mol. The van der Waals surface area contributed by atoms with Gasteiger partial charge in [0.25, 0.3) is 0 Å². The highest BCUT2D eigenvalue weighted by molar-refractivity contribution is 7.10. The molecule has 0 radical (unpaired) electrons. The highest BCUT2D eigenvalue weighted by Crippen LogP contribution is 2.87. The standard InChI is InChI=1S/C24H37NO3S/c1-20(7-5-17(27)12-16(20)13-26)23-10-9-21(2)18(22(23,14-23)15-25)6-8-24(21,28)19-4-3-11-29-19/h3-4,11,16-18,26-28H,5-10,12-15,25H2,1-2H3/t16-,17+,18-,20+,21+,22+,23+,24-/m1/s1. The lowest BCUT2D eigenvalue weighted by Gasteiger charge is -2.57. The van der Waals surface area contributed by atoms with Crippen LogP contribution in [0.1, 0.15) is 70.1 Å². The summed E-state index contributed by atoms with van der Waals surface area (Å²) in [5.74, 6) is 0.561. The number of fused-ring (bicyclic) bond motifs is 3. The molecule has 4 saturated carbocycles. The van der Waals surface area contributed by atoms with Gasteiger partial charge in [0.2, 0.25) is 0 Å². The van der Waals surface area contributed by atoms with Gasteiger partial charge in [0.15, 0.2) is 0 Å². The SMILES string of the molecule is C[C@]1([C@@]23CC[C@@]4(C)[C@@H](CC[C@@]4(O)c4cccs4)[C@@]2(CN)C3)CC[C@H](O)C[C@@H]1CO. The quantitative estimate of drug-likeness (QED) is 0.600. The van der Waals surface area contributed by atoms with Crippen molar-refractivity contribution >= 4 is 11.3 Å². The fourth-order valence-corrected chi connectivity index (χ4v) is 9.93. The topological polar surface area (TPSA) is 86.7 Å². The second-order valence-corrected chi connectivity index (χ2v) is 12.1. The number of nitrogens with two attached hydrogens (primary N) is 1. The molecule has 4 aliphatic carbocycles. The molecule has 1 aromatic rings. The molecule has 1 aromatic heterocycles. The molecule has 1 heterocycles. The summed E-state index contributed by atoms with van der Waals surface area (Å²) in [5, 5.41) is 34.5. The first-order valence-corrected chi connectivity index (χ1v) is 12.4. The maximum atomic E-state index is 11.9. The third kappa shape index (κ3) is 2.24. The van der Waals surface area contributed by atoms with Gasteiger partial charge in [-0.2, -0.15) is 0 Å². The molecule has 5 rings (SSSR count). The summed E-state index contributed by atoms with van der Waals surface area (Å²) in [6.45, 7) is 5.52. The van der Waals surface area contributed by atoms with E-state index in [4.69, 9.17) is 5.73 Å². The van der Waals surface area contributed by atoms with E-state index in [2.05, 4.69) is 31.4 Å². The van der Waals surface area contributed by atoms with Gasteiger partial charge >= 0.3 is 0 Å². The Morgan fingerprint density at radius 3 is 2.59 bits per heavy atom. The highest BCUT2D eigenvalue weighted by atomic mass is 32.1. The number of hydrogen-bond acceptors (Lipinski definition) is 5. The molecule has 4 fully saturated rings. The Kier molecular flexibility index (Phi) is 4.43. The van der Waals surface area contributed by atoms with Crippen molar-refractivity contribution in [3.05, 3.63) is 22.4 Å². The number of thiophene rings is 1. The first-order valence-electron chi connectivity index (χ1n) is 11.5. The molecule has 8 atom stereocenters. The van der Waals surface area contributed by atoms with Crippen LogP contribution >= 0.6 is 11.3 Å². The highest BCUT2D eigenvalue weighted by Gasteiger charge is 2.82. The van der Waals surface area contributed by atoms with Crippen molar-refractivity contribution < 1.29 is 15.3 Å². The van der Waals surface area contributed by atoms with Crippen LogP contribution in [-0.2, 0) is 5.60 Å². The number of aliphatic hydroxyl groups excluding tert-OH is 2. The van der Waals surface area contributed by atoms with E-state index in [-0.39, 0.29) is 40.3 Å². The Bertz CT molecular complexity index is 785. The average Bonchev–Trinajstić information content (AvgIpc) is 3.00. The third-order valence-electron chi connectivity index (χ3n) is 10.8. The lowest BCUT2D eigenvalue weighted by molar-refractivity contribution is -0.143. The number of aliphatic hydroxyl groups is 3. The first-order chi connectivity index (χ1) is 13.7. The minimum atomic E-state index is -0.747. The van der Waals surface area contributed by atoms with Crippen molar-refractivity contribution in [2.24, 2.45) is 39.2 Å². The van der Waals surface area contributed by atoms with Crippen LogP contribution in [0.2, 0.25) is 0 Å². The maximum absolute atomic E-state index is 11.9. The van der Waals surface area contributed by atoms with E-state index in [1.165, 1.54) is 0 Å². The summed E-state index contributed by atoms with van der Waals surface area (Å²) in [6, 6.07) is 4.16. The first kappa shape index (κ1) is 20.4. The molecular formula is C24H37NO3S. The number of hydrogen-bond donors (Lipinski definition) is 4. The van der Waals surface area contributed by atoms with Gasteiger partial charge in [-0.25, -0.2) is 0 Å². The van der Waals surface area contributed by atoms with E-state index in [1.54, 1.807) is 11.3 Å². The van der Waals surface area contributed by atoms with E-state index in [0.29, 0.717) is 18.9 Å². The van der Waals surface area contributed by atoms with Crippen LogP contribution in [0.3, 0.4) is 0 Å². The summed E-state index contributed by atoms with van der Waals surface area (Å²) in [5.41, 5.74) is 5.91. The Morgan fingerprint density at radius 1 is 1.14 bits per heavy atom. The van der Waals surface area contributed by atoms with Gasteiger partial charge in [-0.05, 0) is 97.4 Å². The lowest BCUT2D eigenvalue weighted by Crippen LogP contribution is -2.55. The Labute approximate surface area is 178 Å². The molecule has 0 aliphatic heterocycles. The predicted molar refractivity (Wildman–Crippen MR) is 115 cm³/mol. The molecule has 4 nitrogen and oxygen atoms in total. The minimum absolute atomic E-state index is 0.0192. The smallest absolute Gasteiger partial charge is 0.104 e. The van der Waals surface area contributed by atoms with Crippen molar-refractivity contribution in [2.75, 3.05) is 13.2 Å². The van der Waals surface area contributed by atoms with Crippen LogP contribution < -0.4 is 5.73 Å². The van der Waals surface area contributed by atoms with Crippen molar-refractivity contribution in [3.63, 3.8) is 0 Å². The predicted octanol–water partition coefficient (Wildman–Crippen LogP) is 3.64. The number of rotatable bonds is 4. The molecule has 29 heavy (non-hydrogen) atoms. The van der Waals surface area contributed by atoms with E-state index < -0.39 is 5.60 Å². The molecule has 0 aromatic carbocycles. The Morgan fingerprint density at radius 2 is 1.93 bits per heavy atom. The molecule has 162 valence electrons. The Balaban J connectivity index is 1.54. The second-order valence-electron chi connectivity index (χ2n) is 11.2. The van der Waals surface area contributed by atoms with Crippen LogP contribution in [0.5, 0.6) is 0 Å². The van der Waals surface area contributed by atoms with Gasteiger partial charge in [0.1, 0.15) is 5.60 Å². The van der Waals surface area contributed by atoms with Crippen molar-refractivity contribution in [2.45, 2.75) is 76.9 Å². The Hall–Kier alpha value is -0.460. The minimum Gasteiger partial charge on any atom is -0.396 e. The van der Waals surface area contributed by atoms with Crippen LogP contribution in [0, 0.1) is 33.5 Å². The molecule has 5 N–H and O–H groups in total. The normalized spacial score (nSPS) is 54.1. The second kappa shape index (κ2) is 6.29. The third-order valence-corrected chi connectivity index (χ3v) is 11.8. The van der Waals surface area contributed by atoms with Crippen LogP contribution in [0.25, 0.3) is 0 Å². The molecule has 0 spiro atoms. The molecule has 0 saturated heterocycles. The summed E-state index contributed by atoms with van der Waals surface area (Å²) < 4.78 is 0. The molecule has 0 amide bonds.